The quantitative estimate of drug-likeness (QED) is 0.0150. The Kier molecular flexibility index (Phi) is 27.0. The van der Waals surface area contributed by atoms with Gasteiger partial charge < -0.3 is 106 Å². The van der Waals surface area contributed by atoms with E-state index in [9.17, 15) is 74.6 Å². The zero-order chi connectivity index (χ0) is 67.3. The van der Waals surface area contributed by atoms with E-state index < -0.39 is 165 Å². The number of piperidine rings is 1. The van der Waals surface area contributed by atoms with Gasteiger partial charge >= 0.3 is 29.6 Å². The average Bonchev–Trinajstić information content (AvgIpc) is 1.69. The number of piperazine rings is 1. The van der Waals surface area contributed by atoms with Gasteiger partial charge in [0.2, 0.25) is 42.0 Å². The number of aromatic hydroxyl groups is 1. The SMILES string of the molecule is [C-]#[N+]C[C@@H](O)[C@@H]1NC(=O)[C@H]([C@H](O)Cc2ccc(O)c(OSOO[O-])c2)NC(=O)[C@@H]2C[C@H](O)CN2C(=O)[C@H]([C@H](C)O)NC(=O)[C@@H](NC(=O)c2ccc(N3CCN(c4ccc(N5CCC(OC6CCCCC6)CC5)cc4)CC3)cc2)C[C@H](O)CNC(=O)[C@@H]2[C@@H](O)[C@H](C)CN2C1=O.[Na+]. The first kappa shape index (κ1) is 74.2. The van der Waals surface area contributed by atoms with E-state index in [2.05, 4.69) is 79.8 Å². The molecule has 5 aliphatic heterocycles. The van der Waals surface area contributed by atoms with Gasteiger partial charge in [-0.25, -0.2) is 6.57 Å². The number of hydrogen-bond acceptors (Lipinski definition) is 23. The molecule has 1 aliphatic carbocycles. The molecule has 0 aromatic heterocycles. The molecule has 7 amide bonds. The molecule has 13 atom stereocenters. The summed E-state index contributed by atoms with van der Waals surface area (Å²) in [5, 5.41) is 104. The van der Waals surface area contributed by atoms with Gasteiger partial charge in [-0.1, -0.05) is 32.3 Å². The van der Waals surface area contributed by atoms with Gasteiger partial charge in [0.15, 0.2) is 17.6 Å². The fourth-order valence-corrected chi connectivity index (χ4v) is 13.4. The number of rotatable bonds is 17. The minimum Gasteiger partial charge on any atom is -0.691 e. The van der Waals surface area contributed by atoms with Crippen LogP contribution in [0.25, 0.3) is 4.85 Å². The molecule has 30 nitrogen and oxygen atoms in total. The number of carbonyl (C=O) groups excluding carboxylic acids is 7. The van der Waals surface area contributed by atoms with Crippen molar-refractivity contribution >= 4 is 70.7 Å². The van der Waals surface area contributed by atoms with Gasteiger partial charge in [-0.05, 0) is 98.8 Å². The molecule has 1 saturated carbocycles. The summed E-state index contributed by atoms with van der Waals surface area (Å²) in [4.78, 5) is 113. The van der Waals surface area contributed by atoms with E-state index in [0.29, 0.717) is 25.3 Å². The Morgan fingerprint density at radius 1 is 0.705 bits per heavy atom. The van der Waals surface area contributed by atoms with Crippen molar-refractivity contribution < 1.29 is 122 Å². The van der Waals surface area contributed by atoms with Crippen LogP contribution in [0.3, 0.4) is 0 Å². The van der Waals surface area contributed by atoms with Crippen molar-refractivity contribution in [3.8, 4) is 11.5 Å². The van der Waals surface area contributed by atoms with E-state index in [1.807, 2.05) is 0 Å². The van der Waals surface area contributed by atoms with Gasteiger partial charge in [-0.15, -0.1) is 4.33 Å². The summed E-state index contributed by atoms with van der Waals surface area (Å²) < 4.78 is 15.7. The number of benzene rings is 3. The molecule has 0 bridgehead atoms. The Labute approximate surface area is 576 Å². The predicted molar refractivity (Wildman–Crippen MR) is 335 cm³/mol. The maximum Gasteiger partial charge on any atom is 1.00 e. The van der Waals surface area contributed by atoms with Crippen LogP contribution in [0.4, 0.5) is 17.1 Å². The third-order valence-electron chi connectivity index (χ3n) is 18.4. The molecule has 95 heavy (non-hydrogen) atoms. The Morgan fingerprint density at radius 2 is 1.28 bits per heavy atom. The van der Waals surface area contributed by atoms with Crippen molar-refractivity contribution in [1.82, 2.24) is 36.4 Å². The van der Waals surface area contributed by atoms with E-state index in [0.717, 1.165) is 79.3 Å². The second-order valence-corrected chi connectivity index (χ2v) is 25.5. The minimum atomic E-state index is -2.15. The first-order valence-corrected chi connectivity index (χ1v) is 32.5. The minimum absolute atomic E-state index is 0. The van der Waals surface area contributed by atoms with Gasteiger partial charge in [0, 0.05) is 107 Å². The van der Waals surface area contributed by atoms with Crippen LogP contribution >= 0.6 is 12.3 Å². The summed E-state index contributed by atoms with van der Waals surface area (Å²) in [7, 11) is 0. The third-order valence-corrected chi connectivity index (χ3v) is 18.8. The van der Waals surface area contributed by atoms with E-state index in [1.54, 1.807) is 24.3 Å². The molecule has 32 heteroatoms. The molecule has 512 valence electrons. The first-order valence-electron chi connectivity index (χ1n) is 31.9. The van der Waals surface area contributed by atoms with Crippen molar-refractivity contribution in [3.63, 3.8) is 0 Å². The summed E-state index contributed by atoms with van der Waals surface area (Å²) in [5.41, 5.74) is 3.32. The molecule has 3 aromatic rings. The Bertz CT molecular complexity index is 3150. The smallest absolute Gasteiger partial charge is 0.691 e. The number of fused-ring (bicyclic) bond motifs is 2. The van der Waals surface area contributed by atoms with Gasteiger partial charge in [-0.3, -0.25) is 38.6 Å². The third kappa shape index (κ3) is 18.9. The van der Waals surface area contributed by atoms with Gasteiger partial charge in [-0.2, -0.15) is 0 Å². The molecule has 0 unspecified atom stereocenters. The molecule has 5 heterocycles. The number of hydrogen-bond donors (Lipinski definition) is 12. The zero-order valence-corrected chi connectivity index (χ0v) is 56.1. The van der Waals surface area contributed by atoms with Crippen molar-refractivity contribution in [2.24, 2.45) is 5.92 Å². The van der Waals surface area contributed by atoms with E-state index in [4.69, 9.17) is 15.5 Å². The number of carbonyl (C=O) groups is 7. The molecular formula is C63H84N11NaO19S. The fraction of sp³-hybridized carbons (Fsp3) is 0.587. The second kappa shape index (κ2) is 34.6. The van der Waals surface area contributed by atoms with Gasteiger partial charge in [0.05, 0.1) is 42.7 Å². The molecule has 0 radical (unpaired) electrons. The number of amides is 7. The van der Waals surface area contributed by atoms with E-state index in [-0.39, 0.29) is 65.3 Å². The zero-order valence-electron chi connectivity index (χ0n) is 53.3. The van der Waals surface area contributed by atoms with Crippen LogP contribution in [-0.4, -0.2) is 237 Å². The van der Waals surface area contributed by atoms with E-state index in [1.165, 1.54) is 50.8 Å². The van der Waals surface area contributed by atoms with Crippen LogP contribution < -0.4 is 80.3 Å². The van der Waals surface area contributed by atoms with Gasteiger partial charge in [0.1, 0.15) is 36.3 Å². The number of aliphatic hydroxyl groups excluding tert-OH is 6. The molecule has 6 fully saturated rings. The summed E-state index contributed by atoms with van der Waals surface area (Å²) in [6.45, 7) is 12.4. The van der Waals surface area contributed by atoms with Crippen molar-refractivity contribution in [2.45, 2.75) is 163 Å². The van der Waals surface area contributed by atoms with Crippen LogP contribution in [0.2, 0.25) is 0 Å². The Balaban J connectivity index is 0.0000116. The fourth-order valence-electron chi connectivity index (χ4n) is 13.2. The van der Waals surface area contributed by atoms with Crippen LogP contribution in [0.1, 0.15) is 87.6 Å². The normalized spacial score (nSPS) is 27.5. The number of aliphatic hydroxyl groups is 6. The standard InChI is InChI=1S/C63H85N11O19S.Na/c1-35-33-74-55(56(35)81)61(86)65-31-42(76)29-46(66-57(82)38-10-12-39(13-11-38)71-23-25-72(26-24-71)41-16-14-40(15-17-41)70-21-19-45(20-22-70)90-44-7-5-4-6-8-44)58(83)67-52(36(2)75)62(87)73-34-43(77)30-47(73)59(84)68-53(60(85)69-54(63(74)88)50(80)32-64-3)49(79)27-37-9-18-48(78)51(28-37)91-94-93-92-89;/h9-18,28,35-36,42-47,49-50,52-56,75-81,89H,4-8,19-27,29-34H2,1-2H3,(H,65,86)(H,66,82)(H,67,83)(H,68,84)(H,69,85);/q;+1/p-1/t35-,36+,42+,43+,46+,47+,49-,50-,52+,53+,54+,55+,56+;/m1./s1. The Hall–Kier alpha value is -6.61. The number of nitrogens with zero attached hydrogens (tertiary/aromatic N) is 6. The topological polar surface area (TPSA) is 402 Å². The van der Waals surface area contributed by atoms with Crippen LogP contribution in [0.5, 0.6) is 11.5 Å². The Morgan fingerprint density at radius 3 is 1.89 bits per heavy atom. The number of phenols is 1. The monoisotopic (exact) mass is 1350 g/mol. The molecular weight excluding hydrogens is 1270 g/mol. The summed E-state index contributed by atoms with van der Waals surface area (Å²) in [6.07, 6.45) is -3.30. The number of nitrogens with one attached hydrogen (secondary N) is 5. The number of ether oxygens (including phenoxy) is 1. The van der Waals surface area contributed by atoms with E-state index >= 15 is 0 Å². The summed E-state index contributed by atoms with van der Waals surface area (Å²) >= 11 is 0.0127. The largest absolute Gasteiger partial charge is 1.00 e. The van der Waals surface area contributed by atoms with Gasteiger partial charge in [0.25, 0.3) is 18.2 Å². The maximum absolute atomic E-state index is 14.7. The number of anilines is 3. The molecule has 12 N–H and O–H groups in total. The van der Waals surface area contributed by atoms with Crippen molar-refractivity contribution in [1.29, 1.82) is 0 Å². The molecule has 6 aliphatic rings. The number of phenolic OH excluding ortho intramolecular Hbond substituents is 1. The van der Waals surface area contributed by atoms with Crippen molar-refractivity contribution in [2.75, 3.05) is 80.1 Å². The molecule has 3 aromatic carbocycles. The molecule has 5 saturated heterocycles. The second-order valence-electron chi connectivity index (χ2n) is 25.0. The van der Waals surface area contributed by atoms with Crippen LogP contribution in [-0.2, 0) is 49.3 Å². The predicted octanol–water partition coefficient (Wildman–Crippen LogP) is -4.93. The molecule has 9 rings (SSSR count). The van der Waals surface area contributed by atoms with Crippen molar-refractivity contribution in [3.05, 3.63) is 89.3 Å². The average molecular weight is 1350 g/mol. The first-order chi connectivity index (χ1) is 45.1. The number of β-amino-alcohol motifs (C(OH)–C–C–N with tert-alkyl or cyclic N) is 1. The summed E-state index contributed by atoms with van der Waals surface area (Å²) in [5.74, 6) is -9.53. The van der Waals surface area contributed by atoms with Crippen LogP contribution in [0, 0.1) is 12.5 Å². The van der Waals surface area contributed by atoms with Crippen LogP contribution in [0.15, 0.2) is 66.7 Å². The maximum atomic E-state index is 14.7. The summed E-state index contributed by atoms with van der Waals surface area (Å²) in [6, 6.07) is 7.47. The molecule has 0 spiro atoms.